The van der Waals surface area contributed by atoms with Crippen LogP contribution in [0.1, 0.15) is 18.9 Å². The Morgan fingerprint density at radius 2 is 2.27 bits per heavy atom. The fourth-order valence-corrected chi connectivity index (χ4v) is 1.68. The second-order valence-corrected chi connectivity index (χ2v) is 3.63. The molecule has 0 aliphatic carbocycles. The molecule has 2 N–H and O–H groups in total. The predicted octanol–water partition coefficient (Wildman–Crippen LogP) is 1.86. The molecule has 0 aromatic heterocycles. The summed E-state index contributed by atoms with van der Waals surface area (Å²) in [4.78, 5) is 4.44. The van der Waals surface area contributed by atoms with E-state index in [0.717, 1.165) is 31.9 Å². The van der Waals surface area contributed by atoms with Crippen LogP contribution in [0.15, 0.2) is 29.3 Å². The first-order chi connectivity index (χ1) is 7.42. The number of hydrogen-bond acceptors (Lipinski definition) is 3. The average molecular weight is 203 g/mol. The Balaban J connectivity index is 2.21. The van der Waals surface area contributed by atoms with Crippen molar-refractivity contribution in [1.29, 1.82) is 0 Å². The second kappa shape index (κ2) is 4.82. The van der Waals surface area contributed by atoms with Gasteiger partial charge in [0, 0.05) is 24.3 Å². The van der Waals surface area contributed by atoms with E-state index < -0.39 is 0 Å². The Kier molecular flexibility index (Phi) is 3.22. The highest BCUT2D eigenvalue weighted by atomic mass is 15.1. The number of amidine groups is 1. The lowest BCUT2D eigenvalue weighted by Crippen LogP contribution is -2.21. The van der Waals surface area contributed by atoms with Gasteiger partial charge in [-0.1, -0.05) is 19.1 Å². The Labute approximate surface area is 90.6 Å². The summed E-state index contributed by atoms with van der Waals surface area (Å²) >= 11 is 0. The SMILES string of the molecule is CCCNc1ccccc1C1=NCCN1. The van der Waals surface area contributed by atoms with Crippen LogP contribution < -0.4 is 10.6 Å². The molecular weight excluding hydrogens is 186 g/mol. The van der Waals surface area contributed by atoms with Gasteiger partial charge in [-0.3, -0.25) is 4.99 Å². The molecule has 1 aliphatic heterocycles. The van der Waals surface area contributed by atoms with Gasteiger partial charge in [0.25, 0.3) is 0 Å². The molecule has 3 heteroatoms. The number of nitrogens with one attached hydrogen (secondary N) is 2. The van der Waals surface area contributed by atoms with E-state index in [4.69, 9.17) is 0 Å². The van der Waals surface area contributed by atoms with Gasteiger partial charge in [-0.25, -0.2) is 0 Å². The Morgan fingerprint density at radius 1 is 1.40 bits per heavy atom. The third kappa shape index (κ3) is 2.29. The lowest BCUT2D eigenvalue weighted by Gasteiger charge is -2.11. The van der Waals surface area contributed by atoms with Crippen LogP contribution in [-0.4, -0.2) is 25.5 Å². The van der Waals surface area contributed by atoms with E-state index >= 15 is 0 Å². The zero-order valence-electron chi connectivity index (χ0n) is 9.09. The third-order valence-corrected chi connectivity index (χ3v) is 2.42. The molecule has 1 aliphatic rings. The summed E-state index contributed by atoms with van der Waals surface area (Å²) in [5.41, 5.74) is 2.36. The van der Waals surface area contributed by atoms with Crippen LogP contribution in [0.5, 0.6) is 0 Å². The van der Waals surface area contributed by atoms with Gasteiger partial charge in [-0.15, -0.1) is 0 Å². The molecule has 0 saturated carbocycles. The van der Waals surface area contributed by atoms with Crippen LogP contribution in [-0.2, 0) is 0 Å². The Bertz CT molecular complexity index is 358. The van der Waals surface area contributed by atoms with E-state index in [-0.39, 0.29) is 0 Å². The molecule has 1 heterocycles. The number of benzene rings is 1. The van der Waals surface area contributed by atoms with Crippen molar-refractivity contribution in [3.8, 4) is 0 Å². The van der Waals surface area contributed by atoms with Gasteiger partial charge in [0.05, 0.1) is 6.54 Å². The van der Waals surface area contributed by atoms with E-state index in [2.05, 4.69) is 46.8 Å². The number of anilines is 1. The molecule has 2 rings (SSSR count). The predicted molar refractivity (Wildman–Crippen MR) is 64.6 cm³/mol. The lowest BCUT2D eigenvalue weighted by molar-refractivity contribution is 0.959. The van der Waals surface area contributed by atoms with Gasteiger partial charge in [-0.05, 0) is 18.6 Å². The molecule has 0 saturated heterocycles. The summed E-state index contributed by atoms with van der Waals surface area (Å²) in [5.74, 6) is 1.02. The smallest absolute Gasteiger partial charge is 0.130 e. The Hall–Kier alpha value is -1.51. The highest BCUT2D eigenvalue weighted by Gasteiger charge is 2.11. The molecule has 1 aromatic carbocycles. The standard InChI is InChI=1S/C12H17N3/c1-2-7-13-11-6-4-3-5-10(11)12-14-8-9-15-12/h3-6,13H,2,7-9H2,1H3,(H,14,15). The molecule has 0 fully saturated rings. The molecule has 3 nitrogen and oxygen atoms in total. The summed E-state index contributed by atoms with van der Waals surface area (Å²) in [6.45, 7) is 5.01. The van der Waals surface area contributed by atoms with Crippen LogP contribution >= 0.6 is 0 Å². The average Bonchev–Trinajstić information content (AvgIpc) is 2.80. The molecule has 15 heavy (non-hydrogen) atoms. The van der Waals surface area contributed by atoms with Crippen LogP contribution in [0.3, 0.4) is 0 Å². The Morgan fingerprint density at radius 3 is 3.00 bits per heavy atom. The molecule has 0 radical (unpaired) electrons. The monoisotopic (exact) mass is 203 g/mol. The maximum absolute atomic E-state index is 4.44. The van der Waals surface area contributed by atoms with Crippen LogP contribution in [0.2, 0.25) is 0 Å². The van der Waals surface area contributed by atoms with Crippen molar-refractivity contribution < 1.29 is 0 Å². The molecule has 1 aromatic rings. The third-order valence-electron chi connectivity index (χ3n) is 2.42. The lowest BCUT2D eigenvalue weighted by atomic mass is 10.1. The van der Waals surface area contributed by atoms with Crippen molar-refractivity contribution in [2.24, 2.45) is 4.99 Å². The maximum atomic E-state index is 4.44. The normalized spacial score (nSPS) is 14.6. The fraction of sp³-hybridized carbons (Fsp3) is 0.417. The van der Waals surface area contributed by atoms with Crippen molar-refractivity contribution >= 4 is 11.5 Å². The number of nitrogens with zero attached hydrogens (tertiary/aromatic N) is 1. The minimum absolute atomic E-state index is 0.886. The molecule has 0 atom stereocenters. The van der Waals surface area contributed by atoms with Crippen LogP contribution in [0.25, 0.3) is 0 Å². The topological polar surface area (TPSA) is 36.4 Å². The summed E-state index contributed by atoms with van der Waals surface area (Å²) in [6.07, 6.45) is 1.13. The summed E-state index contributed by atoms with van der Waals surface area (Å²) < 4.78 is 0. The largest absolute Gasteiger partial charge is 0.384 e. The van der Waals surface area contributed by atoms with Crippen molar-refractivity contribution in [3.63, 3.8) is 0 Å². The van der Waals surface area contributed by atoms with Gasteiger partial charge in [-0.2, -0.15) is 0 Å². The maximum Gasteiger partial charge on any atom is 0.130 e. The van der Waals surface area contributed by atoms with Crippen molar-refractivity contribution in [2.45, 2.75) is 13.3 Å². The minimum atomic E-state index is 0.886. The van der Waals surface area contributed by atoms with Gasteiger partial charge >= 0.3 is 0 Å². The van der Waals surface area contributed by atoms with E-state index in [1.54, 1.807) is 0 Å². The summed E-state index contributed by atoms with van der Waals surface area (Å²) in [7, 11) is 0. The van der Waals surface area contributed by atoms with Gasteiger partial charge in [0.15, 0.2) is 0 Å². The number of para-hydroxylation sites is 1. The molecule has 0 bridgehead atoms. The van der Waals surface area contributed by atoms with Gasteiger partial charge in [0.1, 0.15) is 5.84 Å². The van der Waals surface area contributed by atoms with Crippen LogP contribution in [0, 0.1) is 0 Å². The summed E-state index contributed by atoms with van der Waals surface area (Å²) in [6, 6.07) is 8.31. The van der Waals surface area contributed by atoms with Crippen molar-refractivity contribution in [3.05, 3.63) is 29.8 Å². The van der Waals surface area contributed by atoms with E-state index in [0.29, 0.717) is 0 Å². The van der Waals surface area contributed by atoms with Crippen molar-refractivity contribution in [2.75, 3.05) is 25.0 Å². The minimum Gasteiger partial charge on any atom is -0.384 e. The molecule has 0 spiro atoms. The first-order valence-corrected chi connectivity index (χ1v) is 5.53. The van der Waals surface area contributed by atoms with E-state index in [9.17, 15) is 0 Å². The van der Waals surface area contributed by atoms with Gasteiger partial charge < -0.3 is 10.6 Å². The zero-order chi connectivity index (χ0) is 10.5. The second-order valence-electron chi connectivity index (χ2n) is 3.63. The quantitative estimate of drug-likeness (QED) is 0.783. The number of aliphatic imine (C=N–C) groups is 1. The molecule has 0 amide bonds. The van der Waals surface area contributed by atoms with Crippen LogP contribution in [0.4, 0.5) is 5.69 Å². The first kappa shape index (κ1) is 10.0. The van der Waals surface area contributed by atoms with Crippen molar-refractivity contribution in [1.82, 2.24) is 5.32 Å². The van der Waals surface area contributed by atoms with E-state index in [1.807, 2.05) is 0 Å². The fourth-order valence-electron chi connectivity index (χ4n) is 1.68. The zero-order valence-corrected chi connectivity index (χ0v) is 9.09. The highest BCUT2D eigenvalue weighted by molar-refractivity contribution is 6.04. The number of hydrogen-bond donors (Lipinski definition) is 2. The highest BCUT2D eigenvalue weighted by Crippen LogP contribution is 2.16. The molecule has 0 unspecified atom stereocenters. The molecular formula is C12H17N3. The first-order valence-electron chi connectivity index (χ1n) is 5.53. The number of rotatable bonds is 4. The molecule has 80 valence electrons. The van der Waals surface area contributed by atoms with E-state index in [1.165, 1.54) is 11.3 Å². The van der Waals surface area contributed by atoms with Gasteiger partial charge in [0.2, 0.25) is 0 Å². The summed E-state index contributed by atoms with van der Waals surface area (Å²) in [5, 5.41) is 6.72.